The maximum absolute atomic E-state index is 13.1. The van der Waals surface area contributed by atoms with Crippen LogP contribution in [0.5, 0.6) is 5.75 Å². The van der Waals surface area contributed by atoms with Crippen LogP contribution in [0.2, 0.25) is 0 Å². The Morgan fingerprint density at radius 1 is 1.17 bits per heavy atom. The van der Waals surface area contributed by atoms with Gasteiger partial charge in [-0.25, -0.2) is 4.98 Å². The van der Waals surface area contributed by atoms with Gasteiger partial charge in [-0.2, -0.15) is 0 Å². The molecule has 0 unspecified atom stereocenters. The Balaban J connectivity index is 1.97. The van der Waals surface area contributed by atoms with Crippen LogP contribution >= 0.6 is 0 Å². The molecule has 0 radical (unpaired) electrons. The zero-order valence-electron chi connectivity index (χ0n) is 13.2. The summed E-state index contributed by atoms with van der Waals surface area (Å²) in [6, 6.07) is 13.9. The van der Waals surface area contributed by atoms with Crippen LogP contribution in [0.25, 0.3) is 10.9 Å². The molecule has 23 heavy (non-hydrogen) atoms. The van der Waals surface area contributed by atoms with E-state index in [1.807, 2.05) is 24.3 Å². The highest BCUT2D eigenvalue weighted by atomic mass is 16.5. The lowest BCUT2D eigenvalue weighted by atomic mass is 10.0. The second-order valence-electron chi connectivity index (χ2n) is 6.18. The summed E-state index contributed by atoms with van der Waals surface area (Å²) in [5.41, 5.74) is 2.76. The minimum atomic E-state index is -0.259. The molecule has 1 aliphatic carbocycles. The zero-order valence-corrected chi connectivity index (χ0v) is 13.2. The van der Waals surface area contributed by atoms with Crippen LogP contribution in [0, 0.1) is 6.92 Å². The van der Waals surface area contributed by atoms with Gasteiger partial charge in [-0.15, -0.1) is 0 Å². The number of nitrogens with zero attached hydrogens (tertiary/aromatic N) is 2. The lowest BCUT2D eigenvalue weighted by Gasteiger charge is -2.20. The first-order valence-corrected chi connectivity index (χ1v) is 7.78. The van der Waals surface area contributed by atoms with Crippen LogP contribution in [0.15, 0.2) is 53.6 Å². The first kappa shape index (κ1) is 14.0. The third kappa shape index (κ3) is 2.05. The fourth-order valence-corrected chi connectivity index (χ4v) is 3.33. The highest BCUT2D eigenvalue weighted by Crippen LogP contribution is 2.48. The minimum Gasteiger partial charge on any atom is -0.496 e. The highest BCUT2D eigenvalue weighted by Gasteiger charge is 2.47. The Bertz CT molecular complexity index is 955. The van der Waals surface area contributed by atoms with E-state index >= 15 is 0 Å². The summed E-state index contributed by atoms with van der Waals surface area (Å²) in [5.74, 6) is 0.578. The first-order chi connectivity index (χ1) is 11.2. The van der Waals surface area contributed by atoms with Crippen LogP contribution in [-0.4, -0.2) is 16.7 Å². The number of methoxy groups -OCH3 is 1. The molecule has 2 aromatic carbocycles. The molecule has 1 saturated carbocycles. The lowest BCUT2D eigenvalue weighted by Crippen LogP contribution is -2.31. The lowest BCUT2D eigenvalue weighted by molar-refractivity contribution is 0.418. The van der Waals surface area contributed by atoms with E-state index in [9.17, 15) is 4.79 Å². The van der Waals surface area contributed by atoms with Crippen molar-refractivity contribution in [3.8, 4) is 5.75 Å². The molecule has 3 aromatic rings. The average Bonchev–Trinajstić information content (AvgIpc) is 3.36. The highest BCUT2D eigenvalue weighted by molar-refractivity contribution is 5.84. The second kappa shape index (κ2) is 4.95. The molecule has 0 atom stereocenters. The summed E-state index contributed by atoms with van der Waals surface area (Å²) in [6.07, 6.45) is 3.59. The Morgan fingerprint density at radius 2 is 1.96 bits per heavy atom. The summed E-state index contributed by atoms with van der Waals surface area (Å²) in [7, 11) is 1.58. The fourth-order valence-electron chi connectivity index (χ4n) is 3.33. The molecule has 4 rings (SSSR count). The quantitative estimate of drug-likeness (QED) is 0.746. The van der Waals surface area contributed by atoms with Gasteiger partial charge in [0, 0.05) is 0 Å². The maximum atomic E-state index is 13.1. The normalized spacial score (nSPS) is 15.6. The number of fused-ring (bicyclic) bond motifs is 1. The second-order valence-corrected chi connectivity index (χ2v) is 6.18. The van der Waals surface area contributed by atoms with Gasteiger partial charge in [0.15, 0.2) is 0 Å². The largest absolute Gasteiger partial charge is 0.496 e. The molecular formula is C19H18N2O2. The van der Waals surface area contributed by atoms with Gasteiger partial charge in [0.25, 0.3) is 5.56 Å². The molecule has 1 aliphatic rings. The van der Waals surface area contributed by atoms with Gasteiger partial charge >= 0.3 is 0 Å². The fraction of sp³-hybridized carbons (Fsp3) is 0.263. The summed E-state index contributed by atoms with van der Waals surface area (Å²) in [5, 5.41) is 0.552. The molecule has 0 saturated heterocycles. The minimum absolute atomic E-state index is 0.0357. The van der Waals surface area contributed by atoms with E-state index in [4.69, 9.17) is 4.74 Å². The Kier molecular flexibility index (Phi) is 3.01. The molecule has 0 bridgehead atoms. The molecule has 116 valence electrons. The van der Waals surface area contributed by atoms with Crippen molar-refractivity contribution >= 4 is 10.9 Å². The van der Waals surface area contributed by atoms with E-state index in [0.29, 0.717) is 16.7 Å². The summed E-state index contributed by atoms with van der Waals surface area (Å²) in [6.45, 7) is 2.07. The Labute approximate surface area is 134 Å². The predicted octanol–water partition coefficient (Wildman–Crippen LogP) is 3.25. The van der Waals surface area contributed by atoms with Gasteiger partial charge in [-0.05, 0) is 37.5 Å². The number of aryl methyl sites for hydroxylation is 1. The number of aromatic nitrogens is 2. The van der Waals surface area contributed by atoms with E-state index in [2.05, 4.69) is 30.1 Å². The third-order valence-corrected chi connectivity index (χ3v) is 4.71. The van der Waals surface area contributed by atoms with Crippen molar-refractivity contribution in [1.82, 2.24) is 9.55 Å². The van der Waals surface area contributed by atoms with Gasteiger partial charge in [0.2, 0.25) is 0 Å². The Morgan fingerprint density at radius 3 is 2.65 bits per heavy atom. The van der Waals surface area contributed by atoms with E-state index in [1.165, 1.54) is 11.1 Å². The van der Waals surface area contributed by atoms with Crippen LogP contribution in [0.3, 0.4) is 0 Å². The maximum Gasteiger partial charge on any atom is 0.265 e. The van der Waals surface area contributed by atoms with E-state index in [0.717, 1.165) is 12.8 Å². The van der Waals surface area contributed by atoms with E-state index in [-0.39, 0.29) is 11.1 Å². The number of ether oxygens (including phenoxy) is 1. The average molecular weight is 306 g/mol. The SMILES string of the molecule is COc1cccc2ncn(C3(c4cccc(C)c4)CC3)c(=O)c12. The van der Waals surface area contributed by atoms with E-state index < -0.39 is 0 Å². The smallest absolute Gasteiger partial charge is 0.265 e. The molecule has 0 aliphatic heterocycles. The number of rotatable bonds is 3. The number of hydrogen-bond donors (Lipinski definition) is 0. The van der Waals surface area contributed by atoms with E-state index in [1.54, 1.807) is 18.0 Å². The monoisotopic (exact) mass is 306 g/mol. The topological polar surface area (TPSA) is 44.1 Å². The van der Waals surface area contributed by atoms with Crippen molar-refractivity contribution in [1.29, 1.82) is 0 Å². The molecule has 0 amide bonds. The molecule has 1 heterocycles. The molecular weight excluding hydrogens is 288 g/mol. The summed E-state index contributed by atoms with van der Waals surface area (Å²) >= 11 is 0. The summed E-state index contributed by atoms with van der Waals surface area (Å²) in [4.78, 5) is 17.6. The van der Waals surface area contributed by atoms with Gasteiger partial charge in [0.05, 0.1) is 24.5 Å². The van der Waals surface area contributed by atoms with Crippen molar-refractivity contribution in [2.75, 3.05) is 7.11 Å². The Hall–Kier alpha value is -2.62. The zero-order chi connectivity index (χ0) is 16.0. The standard InChI is InChI=1S/C19H18N2O2/c1-13-5-3-6-14(11-13)19(9-10-19)21-12-20-15-7-4-8-16(23-2)17(15)18(21)22/h3-8,11-12H,9-10H2,1-2H3. The molecule has 1 aromatic heterocycles. The van der Waals surface area contributed by atoms with Gasteiger partial charge in [0.1, 0.15) is 11.1 Å². The van der Waals surface area contributed by atoms with Crippen molar-refractivity contribution in [3.63, 3.8) is 0 Å². The predicted molar refractivity (Wildman–Crippen MR) is 90.0 cm³/mol. The van der Waals surface area contributed by atoms with Crippen molar-refractivity contribution in [2.24, 2.45) is 0 Å². The van der Waals surface area contributed by atoms with Crippen molar-refractivity contribution in [3.05, 3.63) is 70.3 Å². The van der Waals surface area contributed by atoms with Crippen LogP contribution in [-0.2, 0) is 5.54 Å². The van der Waals surface area contributed by atoms with Crippen molar-refractivity contribution in [2.45, 2.75) is 25.3 Å². The molecule has 0 N–H and O–H groups in total. The number of hydrogen-bond acceptors (Lipinski definition) is 3. The number of benzene rings is 2. The van der Waals surface area contributed by atoms with Gasteiger partial charge < -0.3 is 4.74 Å². The van der Waals surface area contributed by atoms with Crippen molar-refractivity contribution < 1.29 is 4.74 Å². The first-order valence-electron chi connectivity index (χ1n) is 7.78. The van der Waals surface area contributed by atoms with Crippen LogP contribution in [0.4, 0.5) is 0 Å². The molecule has 4 nitrogen and oxygen atoms in total. The van der Waals surface area contributed by atoms with Gasteiger partial charge in [-0.3, -0.25) is 9.36 Å². The van der Waals surface area contributed by atoms with Crippen LogP contribution in [0.1, 0.15) is 24.0 Å². The van der Waals surface area contributed by atoms with Crippen LogP contribution < -0.4 is 10.3 Å². The van der Waals surface area contributed by atoms with Gasteiger partial charge in [-0.1, -0.05) is 35.9 Å². The third-order valence-electron chi connectivity index (χ3n) is 4.71. The summed E-state index contributed by atoms with van der Waals surface area (Å²) < 4.78 is 7.15. The molecule has 1 fully saturated rings. The molecule has 4 heteroatoms. The molecule has 0 spiro atoms.